The molecule has 105 heavy (non-hydrogen) atoms. The highest BCUT2D eigenvalue weighted by Gasteiger charge is 2.30. The molecule has 11 nitrogen and oxygen atoms in total. The second-order valence-electron chi connectivity index (χ2n) is 46.9. The lowest BCUT2D eigenvalue weighted by molar-refractivity contribution is 0.00460. The Hall–Kier alpha value is -0.700. The number of morpholine rings is 3. The van der Waals surface area contributed by atoms with Gasteiger partial charge in [0.1, 0.15) is 0 Å². The second kappa shape index (κ2) is 50.5. The largest absolute Gasteiger partial charge is 0.379 e. The Bertz CT molecular complexity index is 1920. The van der Waals surface area contributed by atoms with Crippen molar-refractivity contribution in [2.75, 3.05) is 164 Å². The van der Waals surface area contributed by atoms with Gasteiger partial charge in [-0.2, -0.15) is 0 Å². The normalized spacial score (nSPS) is 22.8. The number of hydrogen-bond acceptors (Lipinski definition) is 11. The van der Waals surface area contributed by atoms with E-state index in [4.69, 9.17) is 14.2 Å². The van der Waals surface area contributed by atoms with Crippen molar-refractivity contribution in [1.82, 2.24) is 40.4 Å². The van der Waals surface area contributed by atoms with Crippen LogP contribution in [0.4, 0.5) is 0 Å². The van der Waals surface area contributed by atoms with Crippen LogP contribution in [0.1, 0.15) is 343 Å². The van der Waals surface area contributed by atoms with Crippen molar-refractivity contribution in [3.8, 4) is 0 Å². The molecule has 0 bridgehead atoms. The lowest BCUT2D eigenvalue weighted by Crippen LogP contribution is -2.48. The van der Waals surface area contributed by atoms with E-state index < -0.39 is 0 Å². The SMILES string of the molecule is CC(C)(C)CC1=CCNCC1.CC(C)(C)CC1CCC1.CC(C)(C)CC1CCCCC1.CC(C)(C)CC1CNCCO1.CC(C)(C)CC1COCCN1.CC(C)(C)CCN1CCOCC1.CC(C)(C)CN1CCC1.CC(C)(C)CN1CCCCC1.CC1CN(CC(C)(C)C)C1.CN1CC(CC(C)(C)C)C1. The average molecular weight is 1480 g/mol. The summed E-state index contributed by atoms with van der Waals surface area (Å²) in [6.07, 6.45) is 30.8. The van der Waals surface area contributed by atoms with Gasteiger partial charge in [0.05, 0.1) is 39.1 Å². The van der Waals surface area contributed by atoms with Crippen molar-refractivity contribution in [2.24, 2.45) is 77.8 Å². The first-order valence-electron chi connectivity index (χ1n) is 44.3. The Morgan fingerprint density at radius 1 is 0.390 bits per heavy atom. The summed E-state index contributed by atoms with van der Waals surface area (Å²) in [7, 11) is 2.19. The Morgan fingerprint density at radius 3 is 1.20 bits per heavy atom. The fourth-order valence-electron chi connectivity index (χ4n) is 16.0. The topological polar surface area (TPSA) is 80.0 Å². The van der Waals surface area contributed by atoms with Crippen LogP contribution >= 0.6 is 0 Å². The van der Waals surface area contributed by atoms with E-state index in [-0.39, 0.29) is 0 Å². The molecular formula is C94H194N8O3. The number of rotatable bonds is 11. The van der Waals surface area contributed by atoms with E-state index in [1.54, 1.807) is 5.57 Å². The lowest BCUT2D eigenvalue weighted by atomic mass is 9.74. The fourth-order valence-corrected chi connectivity index (χ4v) is 16.0. The molecular weight excluding hydrogens is 1290 g/mol. The number of ether oxygens (including phenoxy) is 3. The average Bonchev–Trinajstić information content (AvgIpc) is 0.861. The maximum atomic E-state index is 5.59. The van der Waals surface area contributed by atoms with Crippen molar-refractivity contribution in [1.29, 1.82) is 0 Å². The minimum atomic E-state index is 0.393. The molecule has 0 amide bonds. The summed E-state index contributed by atoms with van der Waals surface area (Å²) >= 11 is 0. The molecule has 8 aliphatic heterocycles. The van der Waals surface area contributed by atoms with E-state index >= 15 is 0 Å². The van der Waals surface area contributed by atoms with Gasteiger partial charge < -0.3 is 49.8 Å². The van der Waals surface area contributed by atoms with Crippen LogP contribution in [0.5, 0.6) is 0 Å². The number of piperidine rings is 1. The van der Waals surface area contributed by atoms with Gasteiger partial charge in [0, 0.05) is 91.1 Å². The first-order chi connectivity index (χ1) is 48.1. The van der Waals surface area contributed by atoms with Crippen LogP contribution in [-0.2, 0) is 14.2 Å². The molecule has 0 aromatic rings. The molecule has 10 rings (SSSR count). The highest BCUT2D eigenvalue weighted by atomic mass is 16.5. The van der Waals surface area contributed by atoms with Gasteiger partial charge >= 0.3 is 0 Å². The molecule has 3 N–H and O–H groups in total. The van der Waals surface area contributed by atoms with E-state index in [2.05, 4.69) is 268 Å². The third-order valence-electron chi connectivity index (χ3n) is 20.3. The van der Waals surface area contributed by atoms with E-state index in [0.29, 0.717) is 66.3 Å². The van der Waals surface area contributed by atoms with Crippen molar-refractivity contribution < 1.29 is 14.2 Å². The van der Waals surface area contributed by atoms with Crippen molar-refractivity contribution in [2.45, 2.75) is 355 Å². The summed E-state index contributed by atoms with van der Waals surface area (Å²) in [6.45, 7) is 99.2. The number of hydrogen-bond donors (Lipinski definition) is 3. The van der Waals surface area contributed by atoms with E-state index in [9.17, 15) is 0 Å². The molecule has 10 aliphatic rings. The Labute approximate surface area is 660 Å². The molecule has 0 aromatic carbocycles. The smallest absolute Gasteiger partial charge is 0.0705 e. The number of likely N-dealkylation sites (tertiary alicyclic amines) is 4. The number of nitrogens with zero attached hydrogens (tertiary/aromatic N) is 5. The molecule has 2 saturated carbocycles. The molecule has 2 aliphatic carbocycles. The van der Waals surface area contributed by atoms with Crippen LogP contribution in [-0.4, -0.2) is 201 Å². The predicted molar refractivity (Wildman–Crippen MR) is 467 cm³/mol. The maximum absolute atomic E-state index is 5.59. The van der Waals surface area contributed by atoms with Crippen LogP contribution in [0, 0.1) is 77.8 Å². The maximum Gasteiger partial charge on any atom is 0.0705 e. The zero-order valence-corrected chi connectivity index (χ0v) is 77.6. The second-order valence-corrected chi connectivity index (χ2v) is 46.9. The Kier molecular flexibility index (Phi) is 49.2. The summed E-state index contributed by atoms with van der Waals surface area (Å²) in [5.74, 6) is 4.04. The molecule has 2 unspecified atom stereocenters. The molecule has 11 heteroatoms. The molecule has 0 spiro atoms. The lowest BCUT2D eigenvalue weighted by Gasteiger charge is -2.41. The van der Waals surface area contributed by atoms with Gasteiger partial charge in [0.15, 0.2) is 0 Å². The zero-order chi connectivity index (χ0) is 80.0. The minimum Gasteiger partial charge on any atom is -0.379 e. The summed E-state index contributed by atoms with van der Waals surface area (Å²) in [4.78, 5) is 12.5. The molecule has 628 valence electrons. The van der Waals surface area contributed by atoms with Crippen molar-refractivity contribution in [3.63, 3.8) is 0 Å². The van der Waals surface area contributed by atoms with E-state index in [1.165, 1.54) is 207 Å². The first kappa shape index (κ1) is 102. The van der Waals surface area contributed by atoms with Gasteiger partial charge in [-0.3, -0.25) is 4.90 Å². The van der Waals surface area contributed by atoms with Gasteiger partial charge in [-0.1, -0.05) is 284 Å². The number of nitrogens with one attached hydrogen (secondary N) is 3. The van der Waals surface area contributed by atoms with Crippen LogP contribution in [0.3, 0.4) is 0 Å². The standard InChI is InChI=1S/C11H22.C10H21NO.C10H19N.C10H21N.2C9H19NO.2C9H19N.C9H18.C8H17N/c1-11(2,3)9-10-7-5-4-6-8-10;1-10(2,3)4-5-11-6-8-12-9-7-11;1-10(2,3)8-9-4-6-11-7-5-9;1-10(2,3)9-11-7-5-4-6-8-11;1-9(2,3)6-8-7-11-5-4-10-8;1-9(2,3)6-8-7-10-4-5-11-8;1-9(2,3)5-8-6-10(4)7-8;1-8-5-10(6-8)7-9(2,3)4;1-9(2,3)7-8-5-4-6-8;1-8(2,3)7-9-5-4-6-9/h10H,4-9H2,1-3H3;4-9H2,1-3H3;4,11H,5-8H2,1-3H3;4-9H2,1-3H3;2*8,10H,4-7H2,1-3H3;2*8H,5-7H2,1-4H3;8H,4-7H2,1-3H3;4-7H2,1-3H3. The van der Waals surface area contributed by atoms with Crippen LogP contribution in [0.15, 0.2) is 11.6 Å². The van der Waals surface area contributed by atoms with Crippen molar-refractivity contribution in [3.05, 3.63) is 11.6 Å². The fraction of sp³-hybridized carbons (Fsp3) is 0.979. The van der Waals surface area contributed by atoms with Crippen LogP contribution in [0.2, 0.25) is 0 Å². The molecule has 8 heterocycles. The van der Waals surface area contributed by atoms with Gasteiger partial charge in [-0.05, 0) is 195 Å². The monoisotopic (exact) mass is 1480 g/mol. The Morgan fingerprint density at radius 2 is 0.848 bits per heavy atom. The predicted octanol–water partition coefficient (Wildman–Crippen LogP) is 22.4. The highest BCUT2D eigenvalue weighted by molar-refractivity contribution is 5.08. The summed E-state index contributed by atoms with van der Waals surface area (Å²) < 4.78 is 16.2. The van der Waals surface area contributed by atoms with Crippen LogP contribution < -0.4 is 16.0 Å². The van der Waals surface area contributed by atoms with Gasteiger partial charge in [0.2, 0.25) is 0 Å². The minimum absolute atomic E-state index is 0.393. The Balaban J connectivity index is 0.000000584. The van der Waals surface area contributed by atoms with Gasteiger partial charge in [-0.25, -0.2) is 0 Å². The molecule has 2 atom stereocenters. The summed E-state index contributed by atoms with van der Waals surface area (Å²) in [5, 5.41) is 10.1. The van der Waals surface area contributed by atoms with Gasteiger partial charge in [-0.15, -0.1) is 0 Å². The molecule has 0 aromatic heterocycles. The summed E-state index contributed by atoms with van der Waals surface area (Å²) in [6, 6.07) is 0.573. The van der Waals surface area contributed by atoms with Gasteiger partial charge in [0.25, 0.3) is 0 Å². The molecule has 0 radical (unpaired) electrons. The quantitative estimate of drug-likeness (QED) is 0.173. The zero-order valence-electron chi connectivity index (χ0n) is 77.6. The third-order valence-corrected chi connectivity index (χ3v) is 20.3. The molecule has 7 saturated heterocycles. The molecule has 9 fully saturated rings. The van der Waals surface area contributed by atoms with Crippen molar-refractivity contribution >= 4 is 0 Å². The summed E-state index contributed by atoms with van der Waals surface area (Å²) in [5.41, 5.74) is 6.51. The first-order valence-corrected chi connectivity index (χ1v) is 44.3. The van der Waals surface area contributed by atoms with Crippen LogP contribution in [0.25, 0.3) is 0 Å². The van der Waals surface area contributed by atoms with E-state index in [0.717, 1.165) is 102 Å². The highest BCUT2D eigenvalue weighted by Crippen LogP contribution is 2.38. The third kappa shape index (κ3) is 66.5. The van der Waals surface area contributed by atoms with E-state index in [1.807, 2.05) is 0 Å².